The van der Waals surface area contributed by atoms with Crippen LogP contribution in [0.3, 0.4) is 0 Å². The molecule has 2 unspecified atom stereocenters. The van der Waals surface area contributed by atoms with Crippen molar-refractivity contribution >= 4 is 23.3 Å². The number of nitriles is 1. The Kier molecular flexibility index (Phi) is 5.13. The summed E-state index contributed by atoms with van der Waals surface area (Å²) < 4.78 is 37.9. The lowest BCUT2D eigenvalue weighted by molar-refractivity contribution is -0.138. The first kappa shape index (κ1) is 18.2. The van der Waals surface area contributed by atoms with Crippen LogP contribution in [-0.2, 0) is 15.8 Å². The number of hydrogen-bond acceptors (Lipinski definition) is 4. The van der Waals surface area contributed by atoms with Gasteiger partial charge >= 0.3 is 6.18 Å². The molecule has 0 radical (unpaired) electrons. The third kappa shape index (κ3) is 3.67. The van der Waals surface area contributed by atoms with Crippen molar-refractivity contribution in [3.05, 3.63) is 28.5 Å². The smallest absolute Gasteiger partial charge is 0.346 e. The molecule has 1 amide bonds. The van der Waals surface area contributed by atoms with Gasteiger partial charge in [-0.3, -0.25) is 14.6 Å². The van der Waals surface area contributed by atoms with Crippen molar-refractivity contribution in [2.24, 2.45) is 5.92 Å². The maximum Gasteiger partial charge on any atom is 0.417 e. The zero-order valence-electron chi connectivity index (χ0n) is 12.6. The van der Waals surface area contributed by atoms with Crippen molar-refractivity contribution < 1.29 is 22.8 Å². The van der Waals surface area contributed by atoms with Crippen LogP contribution in [0.25, 0.3) is 0 Å². The summed E-state index contributed by atoms with van der Waals surface area (Å²) in [6.07, 6.45) is -3.73. The largest absolute Gasteiger partial charge is 0.417 e. The summed E-state index contributed by atoms with van der Waals surface area (Å²) in [6, 6.07) is 2.38. The van der Waals surface area contributed by atoms with Crippen LogP contribution < -0.4 is 0 Å². The summed E-state index contributed by atoms with van der Waals surface area (Å²) in [6.45, 7) is 0.377. The Morgan fingerprint density at radius 2 is 2.21 bits per heavy atom. The molecule has 24 heavy (non-hydrogen) atoms. The average molecular weight is 360 g/mol. The van der Waals surface area contributed by atoms with Crippen molar-refractivity contribution in [3.63, 3.8) is 0 Å². The molecule has 2 atom stereocenters. The molecule has 0 bridgehead atoms. The fourth-order valence-corrected chi connectivity index (χ4v) is 2.77. The van der Waals surface area contributed by atoms with Crippen LogP contribution in [0.2, 0.25) is 5.02 Å². The Balaban J connectivity index is 2.27. The first-order valence-corrected chi connectivity index (χ1v) is 7.43. The van der Waals surface area contributed by atoms with Gasteiger partial charge in [-0.2, -0.15) is 18.4 Å². The van der Waals surface area contributed by atoms with Crippen molar-refractivity contribution in [2.45, 2.75) is 24.9 Å². The highest BCUT2D eigenvalue weighted by molar-refractivity contribution is 6.31. The number of aromatic nitrogens is 1. The number of likely N-dealkylation sites (tertiary alicyclic amines) is 1. The van der Waals surface area contributed by atoms with Crippen LogP contribution in [0.5, 0.6) is 0 Å². The van der Waals surface area contributed by atoms with Crippen molar-refractivity contribution in [1.82, 2.24) is 9.88 Å². The molecule has 0 aromatic carbocycles. The minimum Gasteiger partial charge on any atom is -0.346 e. The van der Waals surface area contributed by atoms with E-state index in [1.165, 1.54) is 4.90 Å². The van der Waals surface area contributed by atoms with E-state index in [4.69, 9.17) is 11.6 Å². The Bertz CT molecular complexity index is 715. The van der Waals surface area contributed by atoms with Crippen molar-refractivity contribution in [3.8, 4) is 6.07 Å². The highest BCUT2D eigenvalue weighted by Gasteiger charge is 2.37. The van der Waals surface area contributed by atoms with E-state index in [1.807, 2.05) is 0 Å². The number of piperidine rings is 1. The molecule has 0 saturated carbocycles. The molecule has 1 aliphatic rings. The zero-order valence-corrected chi connectivity index (χ0v) is 13.4. The number of nitrogens with zero attached hydrogens (tertiary/aromatic N) is 3. The van der Waals surface area contributed by atoms with E-state index in [2.05, 4.69) is 4.98 Å². The SMILES string of the molecule is CN1CCC(C(=O)C(C#N)c2ncc(C(F)(F)F)cc2Cl)CC1=O. The summed E-state index contributed by atoms with van der Waals surface area (Å²) in [7, 11) is 1.61. The number of amides is 1. The maximum atomic E-state index is 12.6. The molecule has 1 aromatic rings. The lowest BCUT2D eigenvalue weighted by Crippen LogP contribution is -2.39. The minimum atomic E-state index is -4.62. The van der Waals surface area contributed by atoms with Gasteiger partial charge in [-0.1, -0.05) is 11.6 Å². The van der Waals surface area contributed by atoms with E-state index in [9.17, 15) is 28.0 Å². The molecule has 2 heterocycles. The molecule has 0 spiro atoms. The molecule has 5 nitrogen and oxygen atoms in total. The van der Waals surface area contributed by atoms with Gasteiger partial charge in [0.1, 0.15) is 5.92 Å². The van der Waals surface area contributed by atoms with Gasteiger partial charge in [-0.15, -0.1) is 0 Å². The van der Waals surface area contributed by atoms with Gasteiger partial charge in [0.25, 0.3) is 0 Å². The van der Waals surface area contributed by atoms with Crippen LogP contribution in [0.4, 0.5) is 13.2 Å². The van der Waals surface area contributed by atoms with Gasteiger partial charge < -0.3 is 4.90 Å². The van der Waals surface area contributed by atoms with Crippen LogP contribution in [-0.4, -0.2) is 35.2 Å². The van der Waals surface area contributed by atoms with Crippen LogP contribution >= 0.6 is 11.6 Å². The second-order valence-corrected chi connectivity index (χ2v) is 5.97. The van der Waals surface area contributed by atoms with E-state index in [1.54, 1.807) is 13.1 Å². The highest BCUT2D eigenvalue weighted by Crippen LogP contribution is 2.34. The van der Waals surface area contributed by atoms with E-state index in [-0.39, 0.29) is 18.0 Å². The molecule has 0 aliphatic carbocycles. The predicted octanol–water partition coefficient (Wildman–Crippen LogP) is 2.80. The molecule has 1 saturated heterocycles. The molecule has 128 valence electrons. The molecular weight excluding hydrogens is 347 g/mol. The maximum absolute atomic E-state index is 12.6. The normalized spacial score (nSPS) is 19.8. The van der Waals surface area contributed by atoms with Crippen LogP contribution in [0, 0.1) is 17.2 Å². The highest BCUT2D eigenvalue weighted by atomic mass is 35.5. The number of Topliss-reactive ketones (excluding diaryl/α,β-unsaturated/α-hetero) is 1. The van der Waals surface area contributed by atoms with E-state index in [0.717, 1.165) is 0 Å². The molecule has 0 N–H and O–H groups in total. The fourth-order valence-electron chi connectivity index (χ4n) is 2.50. The second kappa shape index (κ2) is 6.77. The van der Waals surface area contributed by atoms with Crippen molar-refractivity contribution in [1.29, 1.82) is 5.26 Å². The van der Waals surface area contributed by atoms with E-state index >= 15 is 0 Å². The Hall–Kier alpha value is -2.14. The number of carbonyl (C=O) groups is 2. The lowest BCUT2D eigenvalue weighted by atomic mass is 9.84. The molecule has 2 rings (SSSR count). The third-order valence-corrected chi connectivity index (χ3v) is 4.25. The van der Waals surface area contributed by atoms with Gasteiger partial charge in [0, 0.05) is 32.1 Å². The van der Waals surface area contributed by atoms with Gasteiger partial charge in [0.15, 0.2) is 5.78 Å². The van der Waals surface area contributed by atoms with Crippen molar-refractivity contribution in [2.75, 3.05) is 13.6 Å². The monoisotopic (exact) mass is 359 g/mol. The predicted molar refractivity (Wildman–Crippen MR) is 78.0 cm³/mol. The first-order valence-electron chi connectivity index (χ1n) is 7.05. The number of halogens is 4. The summed E-state index contributed by atoms with van der Waals surface area (Å²) in [5, 5.41) is 8.87. The number of alkyl halides is 3. The van der Waals surface area contributed by atoms with Gasteiger partial charge in [-0.05, 0) is 12.5 Å². The number of pyridine rings is 1. The molecule has 1 aromatic heterocycles. The van der Waals surface area contributed by atoms with Gasteiger partial charge in [0.2, 0.25) is 5.91 Å². The third-order valence-electron chi connectivity index (χ3n) is 3.95. The number of hydrogen-bond donors (Lipinski definition) is 0. The molecule has 1 fully saturated rings. The topological polar surface area (TPSA) is 74.1 Å². The zero-order chi connectivity index (χ0) is 18.1. The average Bonchev–Trinajstić information content (AvgIpc) is 2.51. The molecule has 9 heteroatoms. The minimum absolute atomic E-state index is 0.0359. The lowest BCUT2D eigenvalue weighted by Gasteiger charge is -2.28. The number of rotatable bonds is 3. The van der Waals surface area contributed by atoms with Crippen LogP contribution in [0.15, 0.2) is 12.3 Å². The Morgan fingerprint density at radius 3 is 2.71 bits per heavy atom. The van der Waals surface area contributed by atoms with Gasteiger partial charge in [-0.25, -0.2) is 0 Å². The van der Waals surface area contributed by atoms with E-state index in [0.29, 0.717) is 25.2 Å². The van der Waals surface area contributed by atoms with Gasteiger partial charge in [0.05, 0.1) is 22.3 Å². The summed E-state index contributed by atoms with van der Waals surface area (Å²) in [5.74, 6) is -2.84. The molecular formula is C15H13ClF3N3O2. The molecule has 1 aliphatic heterocycles. The number of carbonyl (C=O) groups excluding carboxylic acids is 2. The fraction of sp³-hybridized carbons (Fsp3) is 0.467. The van der Waals surface area contributed by atoms with Crippen LogP contribution in [0.1, 0.15) is 30.0 Å². The quantitative estimate of drug-likeness (QED) is 0.831. The summed E-state index contributed by atoms with van der Waals surface area (Å²) in [5.41, 5.74) is -1.28. The summed E-state index contributed by atoms with van der Waals surface area (Å²) in [4.78, 5) is 29.3. The Morgan fingerprint density at radius 1 is 1.54 bits per heavy atom. The first-order chi connectivity index (χ1) is 11.1. The standard InChI is InChI=1S/C15H13ClF3N3O2/c1-22-3-2-8(4-12(22)23)14(24)10(6-20)13-11(16)5-9(7-21-13)15(17,18)19/h5,7-8,10H,2-4H2,1H3. The number of ketones is 1. The van der Waals surface area contributed by atoms with E-state index < -0.39 is 34.4 Å². The Labute approximate surface area is 141 Å². The second-order valence-electron chi connectivity index (χ2n) is 5.56. The summed E-state index contributed by atoms with van der Waals surface area (Å²) >= 11 is 5.80.